The maximum atomic E-state index is 4.70. The molecule has 0 aliphatic heterocycles. The molecule has 0 amide bonds. The molecule has 2 nitrogen and oxygen atoms in total. The zero-order chi connectivity index (χ0) is 19.9. The highest BCUT2D eigenvalue weighted by Crippen LogP contribution is 2.36. The van der Waals surface area contributed by atoms with Gasteiger partial charge in [0.2, 0.25) is 0 Å². The Hall–Kier alpha value is -3.00. The van der Waals surface area contributed by atoms with Crippen LogP contribution in [0.4, 0.5) is 0 Å². The monoisotopic (exact) mass is 380 g/mol. The van der Waals surface area contributed by atoms with E-state index in [1.54, 1.807) is 0 Å². The van der Waals surface area contributed by atoms with E-state index in [1.807, 2.05) is 0 Å². The van der Waals surface area contributed by atoms with Crippen molar-refractivity contribution < 1.29 is 0 Å². The zero-order valence-electron chi connectivity index (χ0n) is 17.1. The molecule has 0 spiro atoms. The lowest BCUT2D eigenvalue weighted by Gasteiger charge is -2.11. The molecular weight excluding hydrogens is 352 g/mol. The van der Waals surface area contributed by atoms with Crippen LogP contribution in [0.15, 0.2) is 89.1 Å². The van der Waals surface area contributed by atoms with E-state index in [9.17, 15) is 0 Å². The van der Waals surface area contributed by atoms with Gasteiger partial charge in [0.05, 0.1) is 0 Å². The van der Waals surface area contributed by atoms with Gasteiger partial charge in [0.1, 0.15) is 5.71 Å². The van der Waals surface area contributed by atoms with Gasteiger partial charge in [-0.05, 0) is 29.5 Å². The minimum Gasteiger partial charge on any atom is -0.163 e. The first kappa shape index (κ1) is 19.3. The van der Waals surface area contributed by atoms with Crippen molar-refractivity contribution in [3.05, 3.63) is 95.6 Å². The topological polar surface area (TPSA) is 24.7 Å². The number of rotatable bonds is 8. The van der Waals surface area contributed by atoms with Gasteiger partial charge in [-0.15, -0.1) is 0 Å². The Labute approximate surface area is 174 Å². The maximum absolute atomic E-state index is 4.70. The Morgan fingerprint density at radius 2 is 1.31 bits per heavy atom. The van der Waals surface area contributed by atoms with Gasteiger partial charge < -0.3 is 0 Å². The molecule has 0 saturated carbocycles. The van der Waals surface area contributed by atoms with Crippen LogP contribution in [-0.4, -0.2) is 11.9 Å². The van der Waals surface area contributed by atoms with Crippen LogP contribution in [-0.2, 0) is 6.42 Å². The van der Waals surface area contributed by atoms with Crippen LogP contribution in [0.5, 0.6) is 0 Å². The van der Waals surface area contributed by atoms with Gasteiger partial charge in [-0.2, -0.15) is 10.2 Å². The first-order chi connectivity index (χ1) is 14.4. The average Bonchev–Trinajstić information content (AvgIpc) is 3.09. The standard InChI is InChI=1S/C27H28N2/c1-2-3-5-14-22(19-21-12-6-4-7-13-21)20-28-29-27-25-17-10-8-15-23(25)24-16-9-11-18-26(24)27/h4,6-13,15-18,20,22H,2-3,5,14,19H2,1H3/b28-20-/t22-/m1/s1. The molecule has 0 radical (unpaired) electrons. The first-order valence-corrected chi connectivity index (χ1v) is 10.7. The van der Waals surface area contributed by atoms with E-state index in [-0.39, 0.29) is 0 Å². The molecule has 3 aromatic carbocycles. The molecule has 29 heavy (non-hydrogen) atoms. The normalized spacial score (nSPS) is 13.3. The highest BCUT2D eigenvalue weighted by atomic mass is 15.2. The summed E-state index contributed by atoms with van der Waals surface area (Å²) in [6, 6.07) is 27.7. The third kappa shape index (κ3) is 4.54. The van der Waals surface area contributed by atoms with Gasteiger partial charge in [-0.3, -0.25) is 0 Å². The van der Waals surface area contributed by atoms with E-state index in [2.05, 4.69) is 97.1 Å². The smallest absolute Gasteiger partial charge is 0.101 e. The Kier molecular flexibility index (Phi) is 6.31. The molecule has 0 N–H and O–H groups in total. The van der Waals surface area contributed by atoms with E-state index < -0.39 is 0 Å². The summed E-state index contributed by atoms with van der Waals surface area (Å²) in [5, 5.41) is 9.29. The van der Waals surface area contributed by atoms with Crippen molar-refractivity contribution >= 4 is 11.9 Å². The Morgan fingerprint density at radius 3 is 1.93 bits per heavy atom. The predicted molar refractivity (Wildman–Crippen MR) is 124 cm³/mol. The molecule has 2 heteroatoms. The SMILES string of the molecule is CCCCC[C@@H](/C=N\N=C1c2ccccc2-c2ccccc21)Cc1ccccc1. The molecular formula is C27H28N2. The van der Waals surface area contributed by atoms with Gasteiger partial charge >= 0.3 is 0 Å². The molecule has 0 heterocycles. The van der Waals surface area contributed by atoms with E-state index in [0.717, 1.165) is 18.6 Å². The summed E-state index contributed by atoms with van der Waals surface area (Å²) < 4.78 is 0. The first-order valence-electron chi connectivity index (χ1n) is 10.7. The number of hydrogen-bond donors (Lipinski definition) is 0. The van der Waals surface area contributed by atoms with E-state index >= 15 is 0 Å². The fourth-order valence-corrected chi connectivity index (χ4v) is 4.09. The number of unbranched alkanes of at least 4 members (excludes halogenated alkanes) is 2. The Balaban J connectivity index is 1.58. The quantitative estimate of drug-likeness (QED) is 0.180. The van der Waals surface area contributed by atoms with Crippen LogP contribution in [0.1, 0.15) is 49.3 Å². The van der Waals surface area contributed by atoms with Crippen LogP contribution in [0.3, 0.4) is 0 Å². The van der Waals surface area contributed by atoms with Gasteiger partial charge in [0, 0.05) is 23.3 Å². The summed E-state index contributed by atoms with van der Waals surface area (Å²) in [6.07, 6.45) is 8.00. The van der Waals surface area contributed by atoms with E-state index in [4.69, 9.17) is 5.10 Å². The summed E-state index contributed by atoms with van der Waals surface area (Å²) in [6.45, 7) is 2.25. The number of benzene rings is 3. The predicted octanol–water partition coefficient (Wildman–Crippen LogP) is 6.93. The number of fused-ring (bicyclic) bond motifs is 3. The summed E-state index contributed by atoms with van der Waals surface area (Å²) in [5.74, 6) is 0.417. The third-order valence-corrected chi connectivity index (χ3v) is 5.61. The molecule has 146 valence electrons. The minimum absolute atomic E-state index is 0.417. The van der Waals surface area contributed by atoms with Crippen molar-refractivity contribution in [2.75, 3.05) is 0 Å². The molecule has 0 fully saturated rings. The van der Waals surface area contributed by atoms with Crippen LogP contribution >= 0.6 is 0 Å². The van der Waals surface area contributed by atoms with Crippen molar-refractivity contribution in [2.45, 2.75) is 39.0 Å². The van der Waals surface area contributed by atoms with Gasteiger partial charge in [0.25, 0.3) is 0 Å². The highest BCUT2D eigenvalue weighted by Gasteiger charge is 2.23. The molecule has 0 unspecified atom stereocenters. The van der Waals surface area contributed by atoms with E-state index in [1.165, 1.54) is 47.1 Å². The Bertz CT molecular complexity index is 954. The molecule has 3 aromatic rings. The largest absolute Gasteiger partial charge is 0.163 e. The summed E-state index contributed by atoms with van der Waals surface area (Å²) >= 11 is 0. The Morgan fingerprint density at radius 1 is 0.724 bits per heavy atom. The molecule has 4 rings (SSSR count). The van der Waals surface area contributed by atoms with Crippen LogP contribution < -0.4 is 0 Å². The van der Waals surface area contributed by atoms with Gasteiger partial charge in [-0.1, -0.05) is 105 Å². The van der Waals surface area contributed by atoms with Crippen molar-refractivity contribution in [3.63, 3.8) is 0 Å². The molecule has 1 atom stereocenters. The highest BCUT2D eigenvalue weighted by molar-refractivity contribution is 6.24. The second-order valence-corrected chi connectivity index (χ2v) is 7.75. The summed E-state index contributed by atoms with van der Waals surface area (Å²) in [4.78, 5) is 0. The molecule has 0 aromatic heterocycles. The molecule has 1 aliphatic rings. The van der Waals surface area contributed by atoms with Crippen LogP contribution in [0.25, 0.3) is 11.1 Å². The van der Waals surface area contributed by atoms with Gasteiger partial charge in [0.15, 0.2) is 0 Å². The summed E-state index contributed by atoms with van der Waals surface area (Å²) in [7, 11) is 0. The van der Waals surface area contributed by atoms with Crippen molar-refractivity contribution in [1.29, 1.82) is 0 Å². The fraction of sp³-hybridized carbons (Fsp3) is 0.259. The van der Waals surface area contributed by atoms with Crippen molar-refractivity contribution in [1.82, 2.24) is 0 Å². The number of nitrogens with zero attached hydrogens (tertiary/aromatic N) is 2. The lowest BCUT2D eigenvalue weighted by Crippen LogP contribution is -2.07. The van der Waals surface area contributed by atoms with Crippen LogP contribution in [0.2, 0.25) is 0 Å². The average molecular weight is 381 g/mol. The second kappa shape index (κ2) is 9.47. The number of hydrogen-bond acceptors (Lipinski definition) is 2. The van der Waals surface area contributed by atoms with Gasteiger partial charge in [-0.25, -0.2) is 0 Å². The second-order valence-electron chi connectivity index (χ2n) is 7.75. The lowest BCUT2D eigenvalue weighted by molar-refractivity contribution is 0.568. The molecule has 0 saturated heterocycles. The maximum Gasteiger partial charge on any atom is 0.101 e. The third-order valence-electron chi connectivity index (χ3n) is 5.61. The zero-order valence-corrected chi connectivity index (χ0v) is 17.1. The molecule has 1 aliphatic carbocycles. The van der Waals surface area contributed by atoms with Crippen molar-refractivity contribution in [3.8, 4) is 11.1 Å². The fourth-order valence-electron chi connectivity index (χ4n) is 4.09. The van der Waals surface area contributed by atoms with Crippen LogP contribution in [0, 0.1) is 5.92 Å². The van der Waals surface area contributed by atoms with E-state index in [0.29, 0.717) is 5.92 Å². The lowest BCUT2D eigenvalue weighted by atomic mass is 9.95. The summed E-state index contributed by atoms with van der Waals surface area (Å²) in [5.41, 5.74) is 7.21. The van der Waals surface area contributed by atoms with Crippen molar-refractivity contribution in [2.24, 2.45) is 16.1 Å². The molecule has 0 bridgehead atoms. The minimum atomic E-state index is 0.417.